The molecule has 0 aliphatic carbocycles. The van der Waals surface area contributed by atoms with Gasteiger partial charge in [-0.2, -0.15) is 0 Å². The molecule has 5 rings (SSSR count). The molecule has 0 aliphatic rings. The van der Waals surface area contributed by atoms with Crippen molar-refractivity contribution >= 4 is 27.9 Å². The van der Waals surface area contributed by atoms with E-state index in [0.717, 1.165) is 27.5 Å². The van der Waals surface area contributed by atoms with E-state index in [2.05, 4.69) is 19.9 Å². The fourth-order valence-corrected chi connectivity index (χ4v) is 4.50. The van der Waals surface area contributed by atoms with Gasteiger partial charge < -0.3 is 20.1 Å². The van der Waals surface area contributed by atoms with Crippen molar-refractivity contribution in [3.8, 4) is 22.4 Å². The number of hydrogen-bond donors (Lipinski definition) is 4. The smallest absolute Gasteiger partial charge is 0.352 e. The van der Waals surface area contributed by atoms with E-state index >= 15 is 0 Å². The van der Waals surface area contributed by atoms with Gasteiger partial charge in [0.05, 0.1) is 5.69 Å². The van der Waals surface area contributed by atoms with E-state index in [-0.39, 0.29) is 17.4 Å². The quantitative estimate of drug-likeness (QED) is 0.290. The number of pyridine rings is 1. The number of fused-ring (bicyclic) bond motifs is 2. The molecule has 0 spiro atoms. The summed E-state index contributed by atoms with van der Waals surface area (Å²) in [7, 11) is 0. The van der Waals surface area contributed by atoms with Gasteiger partial charge in [-0.3, -0.25) is 0 Å². The van der Waals surface area contributed by atoms with Crippen LogP contribution in [0.15, 0.2) is 42.9 Å². The first-order chi connectivity index (χ1) is 14.9. The largest absolute Gasteiger partial charge is 0.477 e. The predicted molar refractivity (Wildman–Crippen MR) is 119 cm³/mol. The minimum Gasteiger partial charge on any atom is -0.477 e. The standard InChI is InChI=1S/C24H21FN4O2/c1-11(2)18-20(19-12(3)10-28-23-15(19)5-7-27-23)22(24(30)31)29-21(18)16-8-13(25)9-17-14(16)4-6-26-17/h4-11,26,29H,1-3H3,(H,27,28)(H,30,31). The van der Waals surface area contributed by atoms with Crippen LogP contribution in [-0.2, 0) is 0 Å². The lowest BCUT2D eigenvalue weighted by molar-refractivity contribution is 0.0692. The van der Waals surface area contributed by atoms with Crippen LogP contribution in [0.5, 0.6) is 0 Å². The average molecular weight is 416 g/mol. The summed E-state index contributed by atoms with van der Waals surface area (Å²) in [5.41, 5.74) is 5.82. The van der Waals surface area contributed by atoms with E-state index in [4.69, 9.17) is 0 Å². The van der Waals surface area contributed by atoms with Gasteiger partial charge in [-0.1, -0.05) is 13.8 Å². The lowest BCUT2D eigenvalue weighted by Crippen LogP contribution is -2.01. The summed E-state index contributed by atoms with van der Waals surface area (Å²) in [6, 6.07) is 6.66. The number of aryl methyl sites for hydroxylation is 1. The van der Waals surface area contributed by atoms with Crippen LogP contribution in [0.2, 0.25) is 0 Å². The molecule has 4 heterocycles. The zero-order valence-corrected chi connectivity index (χ0v) is 17.3. The highest BCUT2D eigenvalue weighted by atomic mass is 19.1. The molecule has 0 unspecified atom stereocenters. The normalized spacial score (nSPS) is 11.8. The maximum atomic E-state index is 14.5. The Morgan fingerprint density at radius 3 is 2.58 bits per heavy atom. The number of rotatable bonds is 4. The lowest BCUT2D eigenvalue weighted by atomic mass is 9.88. The first-order valence-corrected chi connectivity index (χ1v) is 10.1. The summed E-state index contributed by atoms with van der Waals surface area (Å²) in [6.45, 7) is 5.95. The molecule has 4 N–H and O–H groups in total. The molecule has 31 heavy (non-hydrogen) atoms. The van der Waals surface area contributed by atoms with E-state index in [0.29, 0.717) is 28.0 Å². The van der Waals surface area contributed by atoms with Crippen LogP contribution in [0.1, 0.15) is 41.4 Å². The average Bonchev–Trinajstić information content (AvgIpc) is 3.44. The van der Waals surface area contributed by atoms with E-state index in [1.165, 1.54) is 12.1 Å². The molecule has 0 aliphatic heterocycles. The van der Waals surface area contributed by atoms with Crippen molar-refractivity contribution in [2.75, 3.05) is 0 Å². The molecule has 0 saturated carbocycles. The fourth-order valence-electron chi connectivity index (χ4n) is 4.50. The first-order valence-electron chi connectivity index (χ1n) is 10.1. The van der Waals surface area contributed by atoms with Gasteiger partial charge >= 0.3 is 5.97 Å². The van der Waals surface area contributed by atoms with Crippen molar-refractivity contribution in [1.29, 1.82) is 0 Å². The molecule has 0 radical (unpaired) electrons. The maximum absolute atomic E-state index is 14.5. The van der Waals surface area contributed by atoms with Crippen molar-refractivity contribution in [2.45, 2.75) is 26.7 Å². The molecular weight excluding hydrogens is 395 g/mol. The van der Waals surface area contributed by atoms with Crippen LogP contribution in [-0.4, -0.2) is 31.0 Å². The molecule has 1 aromatic carbocycles. The number of aromatic nitrogens is 4. The van der Waals surface area contributed by atoms with Crippen molar-refractivity contribution in [3.05, 3.63) is 65.5 Å². The van der Waals surface area contributed by atoms with Crippen molar-refractivity contribution in [1.82, 2.24) is 19.9 Å². The molecule has 4 aromatic heterocycles. The van der Waals surface area contributed by atoms with Gasteiger partial charge in [-0.05, 0) is 53.8 Å². The second-order valence-corrected chi connectivity index (χ2v) is 8.07. The Morgan fingerprint density at radius 2 is 1.84 bits per heavy atom. The van der Waals surface area contributed by atoms with Crippen molar-refractivity contribution < 1.29 is 14.3 Å². The van der Waals surface area contributed by atoms with Crippen LogP contribution >= 0.6 is 0 Å². The van der Waals surface area contributed by atoms with Crippen molar-refractivity contribution in [2.24, 2.45) is 0 Å². The summed E-state index contributed by atoms with van der Waals surface area (Å²) < 4.78 is 14.5. The minimum atomic E-state index is -1.07. The van der Waals surface area contributed by atoms with Gasteiger partial charge in [-0.25, -0.2) is 14.2 Å². The maximum Gasteiger partial charge on any atom is 0.352 e. The number of halogens is 1. The second kappa shape index (κ2) is 6.84. The molecule has 0 fully saturated rings. The van der Waals surface area contributed by atoms with Gasteiger partial charge in [0.2, 0.25) is 0 Å². The molecule has 6 nitrogen and oxygen atoms in total. The molecule has 0 atom stereocenters. The van der Waals surface area contributed by atoms with Crippen LogP contribution in [0.4, 0.5) is 4.39 Å². The molecular formula is C24H21FN4O2. The number of aromatic carboxylic acids is 1. The fraction of sp³-hybridized carbons (Fsp3) is 0.167. The number of H-pyrrole nitrogens is 3. The molecule has 7 heteroatoms. The molecule has 156 valence electrons. The summed E-state index contributed by atoms with van der Waals surface area (Å²) in [4.78, 5) is 26.0. The van der Waals surface area contributed by atoms with E-state index in [1.54, 1.807) is 18.6 Å². The van der Waals surface area contributed by atoms with Crippen LogP contribution in [0, 0.1) is 12.7 Å². The summed E-state index contributed by atoms with van der Waals surface area (Å²) in [5.74, 6) is -1.47. The molecule has 0 amide bonds. The lowest BCUT2D eigenvalue weighted by Gasteiger charge is -2.15. The van der Waals surface area contributed by atoms with Crippen molar-refractivity contribution in [3.63, 3.8) is 0 Å². The Morgan fingerprint density at radius 1 is 1.10 bits per heavy atom. The molecule has 5 aromatic rings. The van der Waals surface area contributed by atoms with E-state index in [1.807, 2.05) is 32.9 Å². The third-order valence-electron chi connectivity index (χ3n) is 5.76. The number of nitrogens with one attached hydrogen (secondary N) is 3. The molecule has 0 saturated heterocycles. The Kier molecular flexibility index (Phi) is 4.22. The van der Waals surface area contributed by atoms with Gasteiger partial charge in [0.25, 0.3) is 0 Å². The summed E-state index contributed by atoms with van der Waals surface area (Å²) >= 11 is 0. The molecule has 0 bridgehead atoms. The zero-order valence-electron chi connectivity index (χ0n) is 17.3. The van der Waals surface area contributed by atoms with Gasteiger partial charge in [0.1, 0.15) is 17.2 Å². The van der Waals surface area contributed by atoms with E-state index < -0.39 is 5.97 Å². The third kappa shape index (κ3) is 2.84. The monoisotopic (exact) mass is 416 g/mol. The number of carboxylic acids is 1. The Hall–Kier alpha value is -3.87. The van der Waals surface area contributed by atoms with Gasteiger partial charge in [-0.15, -0.1) is 0 Å². The highest BCUT2D eigenvalue weighted by Gasteiger charge is 2.28. The number of benzene rings is 1. The zero-order chi connectivity index (χ0) is 21.9. The minimum absolute atomic E-state index is 0.0202. The Bertz CT molecular complexity index is 1470. The number of nitrogens with zero attached hydrogens (tertiary/aromatic N) is 1. The van der Waals surface area contributed by atoms with E-state index in [9.17, 15) is 14.3 Å². The van der Waals surface area contributed by atoms with Crippen LogP contribution < -0.4 is 0 Å². The number of aromatic amines is 3. The first kappa shape index (κ1) is 19.1. The number of carboxylic acid groups (broad SMARTS) is 1. The highest BCUT2D eigenvalue weighted by Crippen LogP contribution is 2.44. The van der Waals surface area contributed by atoms with Crippen LogP contribution in [0.25, 0.3) is 44.3 Å². The Balaban J connectivity index is 1.94. The van der Waals surface area contributed by atoms with Gasteiger partial charge in [0, 0.05) is 46.0 Å². The topological polar surface area (TPSA) is 97.6 Å². The van der Waals surface area contributed by atoms with Gasteiger partial charge in [0.15, 0.2) is 0 Å². The second-order valence-electron chi connectivity index (χ2n) is 8.07. The highest BCUT2D eigenvalue weighted by molar-refractivity contribution is 6.07. The third-order valence-corrected chi connectivity index (χ3v) is 5.76. The number of carbonyl (C=O) groups is 1. The Labute approximate surface area is 177 Å². The SMILES string of the molecule is Cc1cnc2[nH]ccc2c1-c1c(C(=O)O)[nH]c(-c2cc(F)cc3[nH]ccc23)c1C(C)C. The summed E-state index contributed by atoms with van der Waals surface area (Å²) in [6.07, 6.45) is 5.28. The predicted octanol–water partition coefficient (Wildman–Crippen LogP) is 5.98. The summed E-state index contributed by atoms with van der Waals surface area (Å²) in [5, 5.41) is 11.8. The number of hydrogen-bond acceptors (Lipinski definition) is 2. The van der Waals surface area contributed by atoms with Crippen LogP contribution in [0.3, 0.4) is 0 Å².